The molecule has 7 nitrogen and oxygen atoms in total. The van der Waals surface area contributed by atoms with Crippen molar-refractivity contribution < 1.29 is 24.2 Å². The number of nitrogens with zero attached hydrogens (tertiary/aromatic N) is 1. The fraction of sp³-hybridized carbons (Fsp3) is 0.423. The summed E-state index contributed by atoms with van der Waals surface area (Å²) in [6.07, 6.45) is 1.73. The molecule has 1 aliphatic heterocycles. The molecule has 1 fully saturated rings. The van der Waals surface area contributed by atoms with Crippen molar-refractivity contribution in [2.24, 2.45) is 5.92 Å². The normalized spacial score (nSPS) is 19.5. The lowest BCUT2D eigenvalue weighted by molar-refractivity contribution is -0.154. The van der Waals surface area contributed by atoms with Crippen molar-refractivity contribution in [2.45, 2.75) is 44.6 Å². The molecular weight excluding hydrogens is 420 g/mol. The first-order chi connectivity index (χ1) is 16.0. The third-order valence-corrected chi connectivity index (χ3v) is 6.69. The molecule has 33 heavy (non-hydrogen) atoms. The number of aliphatic carboxylic acids is 1. The van der Waals surface area contributed by atoms with Crippen molar-refractivity contribution in [2.75, 3.05) is 19.7 Å². The third-order valence-electron chi connectivity index (χ3n) is 6.69. The first kappa shape index (κ1) is 22.8. The Hall–Kier alpha value is -3.35. The molecule has 0 bridgehead atoms. The minimum absolute atomic E-state index is 0.00114. The van der Waals surface area contributed by atoms with Gasteiger partial charge in [-0.2, -0.15) is 0 Å². The van der Waals surface area contributed by atoms with Crippen LogP contribution in [0.4, 0.5) is 4.79 Å². The van der Waals surface area contributed by atoms with Crippen LogP contribution in [0.2, 0.25) is 0 Å². The van der Waals surface area contributed by atoms with Crippen LogP contribution in [0.3, 0.4) is 0 Å². The molecule has 2 unspecified atom stereocenters. The van der Waals surface area contributed by atoms with E-state index in [2.05, 4.69) is 29.6 Å². The number of hydrogen-bond donors (Lipinski definition) is 2. The summed E-state index contributed by atoms with van der Waals surface area (Å²) in [6.45, 7) is 2.88. The lowest BCUT2D eigenvalue weighted by Crippen LogP contribution is -2.52. The fourth-order valence-corrected chi connectivity index (χ4v) is 5.07. The minimum Gasteiger partial charge on any atom is -0.480 e. The molecule has 4 rings (SSSR count). The average Bonchev–Trinajstić information content (AvgIpc) is 3.13. The molecule has 0 saturated carbocycles. The van der Waals surface area contributed by atoms with Crippen molar-refractivity contribution in [3.8, 4) is 11.1 Å². The number of nitrogens with one attached hydrogen (secondary N) is 1. The van der Waals surface area contributed by atoms with Crippen molar-refractivity contribution in [3.05, 3.63) is 59.7 Å². The van der Waals surface area contributed by atoms with Gasteiger partial charge in [-0.25, -0.2) is 9.59 Å². The Kier molecular flexibility index (Phi) is 6.96. The molecule has 1 heterocycles. The number of alkyl carbamates (subject to hydrolysis) is 1. The van der Waals surface area contributed by atoms with Gasteiger partial charge in [0.1, 0.15) is 12.6 Å². The molecule has 2 amide bonds. The zero-order valence-electron chi connectivity index (χ0n) is 18.8. The second-order valence-corrected chi connectivity index (χ2v) is 8.85. The van der Waals surface area contributed by atoms with Crippen LogP contribution in [0, 0.1) is 5.92 Å². The highest BCUT2D eigenvalue weighted by Gasteiger charge is 2.36. The fourth-order valence-electron chi connectivity index (χ4n) is 5.07. The van der Waals surface area contributed by atoms with Crippen LogP contribution in [-0.2, 0) is 14.3 Å². The van der Waals surface area contributed by atoms with Gasteiger partial charge in [-0.1, -0.05) is 55.5 Å². The van der Waals surface area contributed by atoms with E-state index < -0.39 is 18.1 Å². The predicted octanol–water partition coefficient (Wildman–Crippen LogP) is 4.02. The number of likely N-dealkylation sites (tertiary alicyclic amines) is 1. The zero-order valence-corrected chi connectivity index (χ0v) is 18.8. The average molecular weight is 451 g/mol. The lowest BCUT2D eigenvalue weighted by Gasteiger charge is -2.37. The van der Waals surface area contributed by atoms with Crippen molar-refractivity contribution in [1.82, 2.24) is 10.2 Å². The van der Waals surface area contributed by atoms with Gasteiger partial charge in [0.05, 0.1) is 0 Å². The van der Waals surface area contributed by atoms with Gasteiger partial charge in [0.25, 0.3) is 0 Å². The second kappa shape index (κ2) is 10.1. The van der Waals surface area contributed by atoms with E-state index in [0.717, 1.165) is 24.0 Å². The van der Waals surface area contributed by atoms with E-state index in [4.69, 9.17) is 4.74 Å². The monoisotopic (exact) mass is 450 g/mol. The third kappa shape index (κ3) is 4.87. The van der Waals surface area contributed by atoms with E-state index in [1.165, 1.54) is 16.0 Å². The summed E-state index contributed by atoms with van der Waals surface area (Å²) in [5.74, 6) is -1.19. The van der Waals surface area contributed by atoms with Gasteiger partial charge in [0.15, 0.2) is 0 Å². The molecule has 2 atom stereocenters. The molecule has 2 N–H and O–H groups in total. The maximum atomic E-state index is 12.6. The molecule has 0 spiro atoms. The molecule has 1 saturated heterocycles. The van der Waals surface area contributed by atoms with Crippen molar-refractivity contribution in [3.63, 3.8) is 0 Å². The summed E-state index contributed by atoms with van der Waals surface area (Å²) in [5.41, 5.74) is 4.65. The van der Waals surface area contributed by atoms with Crippen LogP contribution in [0.25, 0.3) is 11.1 Å². The number of fused-ring (bicyclic) bond motifs is 3. The second-order valence-electron chi connectivity index (χ2n) is 8.85. The standard InChI is InChI=1S/C26H30N2O5/c1-17-8-7-15-28(24(17)25(30)31)23(29)13-6-14-27-26(32)33-16-22-20-11-4-2-9-18(20)19-10-3-5-12-21(19)22/h2-5,9-12,17,22,24H,6-8,13-16H2,1H3,(H,27,32)(H,30,31). The quantitative estimate of drug-likeness (QED) is 0.621. The Morgan fingerprint density at radius 2 is 1.70 bits per heavy atom. The highest BCUT2D eigenvalue weighted by atomic mass is 16.5. The predicted molar refractivity (Wildman–Crippen MR) is 124 cm³/mol. The molecule has 7 heteroatoms. The van der Waals surface area contributed by atoms with Gasteiger partial charge in [0.2, 0.25) is 5.91 Å². The van der Waals surface area contributed by atoms with Crippen LogP contribution in [0.1, 0.15) is 49.7 Å². The van der Waals surface area contributed by atoms with Crippen LogP contribution in [0.5, 0.6) is 0 Å². The molecule has 174 valence electrons. The Balaban J connectivity index is 1.24. The van der Waals surface area contributed by atoms with Crippen LogP contribution >= 0.6 is 0 Å². The molecule has 1 aliphatic carbocycles. The van der Waals surface area contributed by atoms with E-state index in [-0.39, 0.29) is 30.8 Å². The smallest absolute Gasteiger partial charge is 0.407 e. The summed E-state index contributed by atoms with van der Waals surface area (Å²) in [4.78, 5) is 37.8. The van der Waals surface area contributed by atoms with Crippen molar-refractivity contribution in [1.29, 1.82) is 0 Å². The topological polar surface area (TPSA) is 95.9 Å². The first-order valence-corrected chi connectivity index (χ1v) is 11.6. The summed E-state index contributed by atoms with van der Waals surface area (Å²) in [6, 6.07) is 15.6. The molecule has 0 aromatic heterocycles. The maximum Gasteiger partial charge on any atom is 0.407 e. The van der Waals surface area contributed by atoms with Crippen LogP contribution in [0.15, 0.2) is 48.5 Å². The Bertz CT molecular complexity index is 991. The zero-order chi connectivity index (χ0) is 23.4. The number of hydrogen-bond acceptors (Lipinski definition) is 4. The summed E-state index contributed by atoms with van der Waals surface area (Å²) in [7, 11) is 0. The number of carboxylic acids is 1. The molecule has 2 aromatic rings. The van der Waals surface area contributed by atoms with E-state index in [1.807, 2.05) is 31.2 Å². The molecule has 2 aliphatic rings. The molecular formula is C26H30N2O5. The highest BCUT2D eigenvalue weighted by Crippen LogP contribution is 2.44. The van der Waals surface area contributed by atoms with Gasteiger partial charge in [0, 0.05) is 25.4 Å². The summed E-state index contributed by atoms with van der Waals surface area (Å²) >= 11 is 0. The highest BCUT2D eigenvalue weighted by molar-refractivity contribution is 5.84. The maximum absolute atomic E-state index is 12.6. The van der Waals surface area contributed by atoms with Crippen LogP contribution in [-0.4, -0.2) is 53.7 Å². The Morgan fingerprint density at radius 1 is 1.06 bits per heavy atom. The number of rotatable bonds is 7. The van der Waals surface area contributed by atoms with Crippen LogP contribution < -0.4 is 5.32 Å². The number of amides is 2. The number of benzene rings is 2. The summed E-state index contributed by atoms with van der Waals surface area (Å²) in [5, 5.41) is 12.2. The number of carbonyl (C=O) groups is 3. The van der Waals surface area contributed by atoms with Gasteiger partial charge in [-0.3, -0.25) is 4.79 Å². The molecule has 0 radical (unpaired) electrons. The van der Waals surface area contributed by atoms with Crippen molar-refractivity contribution >= 4 is 18.0 Å². The van der Waals surface area contributed by atoms with E-state index in [0.29, 0.717) is 19.5 Å². The SMILES string of the molecule is CC1CCCN(C(=O)CCCNC(=O)OCC2c3ccccc3-c3ccccc32)C1C(=O)O. The van der Waals surface area contributed by atoms with E-state index >= 15 is 0 Å². The number of piperidine rings is 1. The Morgan fingerprint density at radius 3 is 2.33 bits per heavy atom. The minimum atomic E-state index is -0.952. The summed E-state index contributed by atoms with van der Waals surface area (Å²) < 4.78 is 5.50. The largest absolute Gasteiger partial charge is 0.480 e. The number of carbonyl (C=O) groups excluding carboxylic acids is 2. The molecule has 2 aromatic carbocycles. The van der Waals surface area contributed by atoms with Gasteiger partial charge >= 0.3 is 12.1 Å². The Labute approximate surface area is 193 Å². The van der Waals surface area contributed by atoms with E-state index in [1.54, 1.807) is 0 Å². The van der Waals surface area contributed by atoms with Gasteiger partial charge in [-0.15, -0.1) is 0 Å². The van der Waals surface area contributed by atoms with Gasteiger partial charge in [-0.05, 0) is 47.4 Å². The van der Waals surface area contributed by atoms with E-state index in [9.17, 15) is 19.5 Å². The van der Waals surface area contributed by atoms with Gasteiger partial charge < -0.3 is 20.1 Å². The lowest BCUT2D eigenvalue weighted by atomic mass is 9.90. The number of carboxylic acid groups (broad SMARTS) is 1. The first-order valence-electron chi connectivity index (χ1n) is 11.6. The number of ether oxygens (including phenoxy) is 1.